The number of anilines is 1. The summed E-state index contributed by atoms with van der Waals surface area (Å²) in [6.45, 7) is 1.99. The third-order valence-electron chi connectivity index (χ3n) is 5.80. The lowest BCUT2D eigenvalue weighted by atomic mass is 9.98. The molecule has 7 nitrogen and oxygen atoms in total. The van der Waals surface area contributed by atoms with Gasteiger partial charge in [0.15, 0.2) is 0 Å². The number of carboxylic acid groups (broad SMARTS) is 1. The quantitative estimate of drug-likeness (QED) is 0.446. The molecule has 0 heterocycles. The van der Waals surface area contributed by atoms with Gasteiger partial charge in [-0.05, 0) is 46.9 Å². The molecule has 2 amide bonds. The summed E-state index contributed by atoms with van der Waals surface area (Å²) in [6.07, 6.45) is 1.70. The highest BCUT2D eigenvalue weighted by Gasteiger charge is 2.29. The highest BCUT2D eigenvalue weighted by molar-refractivity contribution is 5.98. The Labute approximate surface area is 197 Å². The van der Waals surface area contributed by atoms with E-state index in [4.69, 9.17) is 9.84 Å². The Bertz CT molecular complexity index is 1240. The van der Waals surface area contributed by atoms with Crippen molar-refractivity contribution in [3.63, 3.8) is 0 Å². The molecule has 0 spiro atoms. The summed E-state index contributed by atoms with van der Waals surface area (Å²) in [5.74, 6) is -1.50. The molecule has 3 aromatic rings. The molecule has 0 aliphatic heterocycles. The highest BCUT2D eigenvalue weighted by Crippen LogP contribution is 2.44. The Balaban J connectivity index is 1.41. The first-order valence-corrected chi connectivity index (χ1v) is 10.8. The Hall–Kier alpha value is -4.39. The first kappa shape index (κ1) is 22.8. The van der Waals surface area contributed by atoms with Crippen LogP contribution in [0, 0.1) is 6.92 Å². The number of hydrogen-bond donors (Lipinski definition) is 3. The second kappa shape index (κ2) is 10.0. The molecule has 0 unspecified atom stereocenters. The second-order valence-corrected chi connectivity index (χ2v) is 7.88. The predicted molar refractivity (Wildman–Crippen MR) is 129 cm³/mol. The van der Waals surface area contributed by atoms with E-state index < -0.39 is 12.1 Å². The van der Waals surface area contributed by atoms with Crippen LogP contribution < -0.4 is 10.6 Å². The molecule has 1 aliphatic carbocycles. The highest BCUT2D eigenvalue weighted by atomic mass is 16.5. The molecule has 0 fully saturated rings. The van der Waals surface area contributed by atoms with Gasteiger partial charge in [0.05, 0.1) is 0 Å². The number of hydrogen-bond acceptors (Lipinski definition) is 4. The number of carbonyl (C=O) groups is 3. The van der Waals surface area contributed by atoms with Crippen molar-refractivity contribution in [2.75, 3.05) is 18.5 Å². The van der Waals surface area contributed by atoms with Gasteiger partial charge in [-0.2, -0.15) is 0 Å². The number of rotatable bonds is 7. The second-order valence-electron chi connectivity index (χ2n) is 7.88. The van der Waals surface area contributed by atoms with Crippen LogP contribution in [0.4, 0.5) is 10.5 Å². The van der Waals surface area contributed by atoms with Gasteiger partial charge < -0.3 is 15.2 Å². The summed E-state index contributed by atoms with van der Waals surface area (Å²) in [5.41, 5.74) is 5.98. The first-order valence-electron chi connectivity index (χ1n) is 10.8. The van der Waals surface area contributed by atoms with Crippen LogP contribution in [0.3, 0.4) is 0 Å². The van der Waals surface area contributed by atoms with Gasteiger partial charge >= 0.3 is 12.1 Å². The zero-order valence-corrected chi connectivity index (χ0v) is 18.6. The van der Waals surface area contributed by atoms with Gasteiger partial charge in [0.2, 0.25) is 0 Å². The van der Waals surface area contributed by atoms with Crippen LogP contribution in [0.2, 0.25) is 0 Å². The van der Waals surface area contributed by atoms with Crippen LogP contribution >= 0.6 is 0 Å². The van der Waals surface area contributed by atoms with Gasteiger partial charge in [-0.3, -0.25) is 10.1 Å². The Morgan fingerprint density at radius 2 is 1.59 bits per heavy atom. The number of carbonyl (C=O) groups excluding carboxylic acids is 2. The van der Waals surface area contributed by atoms with E-state index in [1.165, 1.54) is 6.08 Å². The average molecular weight is 456 g/mol. The number of benzene rings is 3. The molecule has 172 valence electrons. The Morgan fingerprint density at radius 1 is 0.941 bits per heavy atom. The van der Waals surface area contributed by atoms with Gasteiger partial charge in [0, 0.05) is 29.8 Å². The van der Waals surface area contributed by atoms with E-state index in [-0.39, 0.29) is 25.0 Å². The molecule has 34 heavy (non-hydrogen) atoms. The minimum atomic E-state index is -1.08. The summed E-state index contributed by atoms with van der Waals surface area (Å²) in [4.78, 5) is 35.6. The van der Waals surface area contributed by atoms with Crippen molar-refractivity contribution in [2.24, 2.45) is 0 Å². The van der Waals surface area contributed by atoms with Gasteiger partial charge in [-0.15, -0.1) is 0 Å². The van der Waals surface area contributed by atoms with Crippen molar-refractivity contribution in [2.45, 2.75) is 12.8 Å². The minimum Gasteiger partial charge on any atom is -0.478 e. The minimum absolute atomic E-state index is 0.0461. The lowest BCUT2D eigenvalue weighted by Gasteiger charge is -2.16. The van der Waals surface area contributed by atoms with E-state index in [0.717, 1.165) is 28.3 Å². The van der Waals surface area contributed by atoms with Crippen molar-refractivity contribution in [1.82, 2.24) is 5.32 Å². The van der Waals surface area contributed by atoms with E-state index in [1.54, 1.807) is 25.1 Å². The monoisotopic (exact) mass is 456 g/mol. The molecule has 1 aliphatic rings. The zero-order chi connectivity index (χ0) is 24.1. The maximum absolute atomic E-state index is 12.6. The Kier molecular flexibility index (Phi) is 6.73. The van der Waals surface area contributed by atoms with Gasteiger partial charge in [0.1, 0.15) is 6.61 Å². The summed E-state index contributed by atoms with van der Waals surface area (Å²) in [7, 11) is 0. The number of carboxylic acids is 1. The molecule has 0 aromatic heterocycles. The summed E-state index contributed by atoms with van der Waals surface area (Å²) < 4.78 is 5.59. The number of fused-ring (bicyclic) bond motifs is 3. The topological polar surface area (TPSA) is 105 Å². The first-order chi connectivity index (χ1) is 16.5. The van der Waals surface area contributed by atoms with E-state index in [9.17, 15) is 14.4 Å². The van der Waals surface area contributed by atoms with E-state index >= 15 is 0 Å². The van der Waals surface area contributed by atoms with Crippen LogP contribution in [0.5, 0.6) is 0 Å². The van der Waals surface area contributed by atoms with Crippen molar-refractivity contribution in [1.29, 1.82) is 0 Å². The van der Waals surface area contributed by atoms with Crippen molar-refractivity contribution in [3.8, 4) is 11.1 Å². The standard InChI is InChI=1S/C27H24N2O5/c1-17-18(26(32)28-15-7-14-25(30)31)12-6-13-24(17)29-27(33)34-16-23-21-10-4-2-8-19(21)20-9-3-5-11-22(20)23/h2-14,23H,15-16H2,1H3,(H,28,32)(H,29,33)(H,30,31)/b14-7+. The molecule has 0 saturated heterocycles. The molecule has 3 aromatic carbocycles. The molecule has 0 bridgehead atoms. The summed E-state index contributed by atoms with van der Waals surface area (Å²) in [5, 5.41) is 14.0. The maximum atomic E-state index is 12.6. The number of amides is 2. The van der Waals surface area contributed by atoms with Crippen LogP contribution in [0.15, 0.2) is 78.9 Å². The molecule has 3 N–H and O–H groups in total. The lowest BCUT2D eigenvalue weighted by Crippen LogP contribution is -2.25. The molecular weight excluding hydrogens is 432 g/mol. The van der Waals surface area contributed by atoms with E-state index in [0.29, 0.717) is 16.8 Å². The van der Waals surface area contributed by atoms with E-state index in [2.05, 4.69) is 34.9 Å². The van der Waals surface area contributed by atoms with Crippen molar-refractivity contribution >= 4 is 23.7 Å². The molecular formula is C27H24N2O5. The third kappa shape index (κ3) is 4.83. The lowest BCUT2D eigenvalue weighted by molar-refractivity contribution is -0.131. The average Bonchev–Trinajstić information content (AvgIpc) is 3.15. The summed E-state index contributed by atoms with van der Waals surface area (Å²) in [6, 6.07) is 21.2. The molecule has 0 saturated carbocycles. The smallest absolute Gasteiger partial charge is 0.411 e. The predicted octanol–water partition coefficient (Wildman–Crippen LogP) is 4.73. The zero-order valence-electron chi connectivity index (χ0n) is 18.6. The SMILES string of the molecule is Cc1c(NC(=O)OCC2c3ccccc3-c3ccccc32)cccc1C(=O)NC/C=C/C(=O)O. The normalized spacial score (nSPS) is 12.1. The van der Waals surface area contributed by atoms with Crippen molar-refractivity contribution < 1.29 is 24.2 Å². The molecule has 0 radical (unpaired) electrons. The summed E-state index contributed by atoms with van der Waals surface area (Å²) >= 11 is 0. The van der Waals surface area contributed by atoms with Crippen molar-refractivity contribution in [3.05, 3.63) is 101 Å². The van der Waals surface area contributed by atoms with Crippen LogP contribution in [0.25, 0.3) is 11.1 Å². The maximum Gasteiger partial charge on any atom is 0.411 e. The fraction of sp³-hybridized carbons (Fsp3) is 0.148. The van der Waals surface area contributed by atoms with E-state index in [1.807, 2.05) is 24.3 Å². The molecule has 4 rings (SSSR count). The fourth-order valence-electron chi connectivity index (χ4n) is 4.17. The largest absolute Gasteiger partial charge is 0.478 e. The Morgan fingerprint density at radius 3 is 2.24 bits per heavy atom. The number of aliphatic carboxylic acids is 1. The van der Waals surface area contributed by atoms with Crippen LogP contribution in [-0.2, 0) is 9.53 Å². The van der Waals surface area contributed by atoms with Gasteiger partial charge in [-0.25, -0.2) is 9.59 Å². The molecule has 0 atom stereocenters. The third-order valence-corrected chi connectivity index (χ3v) is 5.80. The van der Waals surface area contributed by atoms with Gasteiger partial charge in [0.25, 0.3) is 5.91 Å². The number of nitrogens with one attached hydrogen (secondary N) is 2. The van der Waals surface area contributed by atoms with Gasteiger partial charge in [-0.1, -0.05) is 60.7 Å². The number of ether oxygens (including phenoxy) is 1. The van der Waals surface area contributed by atoms with Crippen LogP contribution in [0.1, 0.15) is 33.0 Å². The van der Waals surface area contributed by atoms with Crippen LogP contribution in [-0.4, -0.2) is 36.2 Å². The fourth-order valence-corrected chi connectivity index (χ4v) is 4.17. The molecule has 7 heteroatoms.